The van der Waals surface area contributed by atoms with Crippen molar-refractivity contribution in [1.82, 2.24) is 5.32 Å². The van der Waals surface area contributed by atoms with Crippen LogP contribution in [0.15, 0.2) is 18.2 Å². The van der Waals surface area contributed by atoms with Gasteiger partial charge in [0.2, 0.25) is 5.91 Å². The maximum absolute atomic E-state index is 14.4. The number of halogens is 1. The Kier molecular flexibility index (Phi) is 4.57. The molecule has 3 rings (SSSR count). The molecule has 2 amide bonds. The number of carbonyl (C=O) groups excluding carboxylic acids is 2. The first-order valence-corrected chi connectivity index (χ1v) is 7.78. The first kappa shape index (κ1) is 16.5. The van der Waals surface area contributed by atoms with Gasteiger partial charge in [-0.25, -0.2) is 9.18 Å². The first-order valence-electron chi connectivity index (χ1n) is 7.78. The molecule has 0 unspecified atom stereocenters. The molecule has 8 heteroatoms. The van der Waals surface area contributed by atoms with Gasteiger partial charge in [0.25, 0.3) is 0 Å². The van der Waals surface area contributed by atoms with Crippen molar-refractivity contribution in [1.29, 1.82) is 0 Å². The fraction of sp³-hybridized carbons (Fsp3) is 0.500. The lowest BCUT2D eigenvalue weighted by molar-refractivity contribution is -0.119. The van der Waals surface area contributed by atoms with Crippen LogP contribution in [-0.2, 0) is 14.3 Å². The number of methoxy groups -OCH3 is 1. The summed E-state index contributed by atoms with van der Waals surface area (Å²) in [4.78, 5) is 26.1. The summed E-state index contributed by atoms with van der Waals surface area (Å²) in [5.41, 5.74) is 0.935. The van der Waals surface area contributed by atoms with E-state index in [4.69, 9.17) is 9.47 Å². The van der Waals surface area contributed by atoms with E-state index in [-0.39, 0.29) is 30.9 Å². The van der Waals surface area contributed by atoms with Crippen LogP contribution >= 0.6 is 0 Å². The summed E-state index contributed by atoms with van der Waals surface area (Å²) in [6, 6.07) is 4.68. The highest BCUT2D eigenvalue weighted by molar-refractivity contribution is 5.90. The van der Waals surface area contributed by atoms with Gasteiger partial charge in [-0.1, -0.05) is 0 Å². The Balaban J connectivity index is 1.66. The molecule has 0 saturated carbocycles. The first-order chi connectivity index (χ1) is 11.5. The van der Waals surface area contributed by atoms with E-state index in [1.165, 1.54) is 17.9 Å². The Morgan fingerprint density at radius 1 is 1.42 bits per heavy atom. The quantitative estimate of drug-likeness (QED) is 0.872. The largest absolute Gasteiger partial charge is 0.442 e. The second-order valence-corrected chi connectivity index (χ2v) is 5.95. The van der Waals surface area contributed by atoms with Gasteiger partial charge in [-0.15, -0.1) is 0 Å². The van der Waals surface area contributed by atoms with E-state index in [9.17, 15) is 14.0 Å². The average molecular weight is 337 g/mol. The Morgan fingerprint density at radius 2 is 2.17 bits per heavy atom. The van der Waals surface area contributed by atoms with Gasteiger partial charge < -0.3 is 19.7 Å². The highest BCUT2D eigenvalue weighted by Crippen LogP contribution is 2.30. The third-order valence-corrected chi connectivity index (χ3v) is 4.22. The van der Waals surface area contributed by atoms with Crippen LogP contribution in [0, 0.1) is 5.82 Å². The number of ether oxygens (including phenoxy) is 2. The molecule has 0 spiro atoms. The van der Waals surface area contributed by atoms with Crippen LogP contribution in [0.25, 0.3) is 0 Å². The molecule has 0 bridgehead atoms. The molecule has 1 atom stereocenters. The summed E-state index contributed by atoms with van der Waals surface area (Å²) in [6.07, 6.45) is -0.852. The molecule has 130 valence electrons. The van der Waals surface area contributed by atoms with Gasteiger partial charge in [-0.3, -0.25) is 9.69 Å². The highest BCUT2D eigenvalue weighted by Gasteiger charge is 2.33. The molecule has 0 radical (unpaired) electrons. The number of rotatable bonds is 5. The van der Waals surface area contributed by atoms with Gasteiger partial charge >= 0.3 is 6.09 Å². The topological polar surface area (TPSA) is 71.1 Å². The molecule has 7 nitrogen and oxygen atoms in total. The number of amides is 2. The number of carbonyl (C=O) groups is 2. The van der Waals surface area contributed by atoms with Crippen LogP contribution in [0.5, 0.6) is 0 Å². The van der Waals surface area contributed by atoms with Crippen LogP contribution in [-0.4, -0.2) is 57.5 Å². The van der Waals surface area contributed by atoms with Crippen LogP contribution in [0.1, 0.15) is 6.92 Å². The molecular formula is C16H20FN3O4. The lowest BCUT2D eigenvalue weighted by Crippen LogP contribution is -2.52. The van der Waals surface area contributed by atoms with Gasteiger partial charge in [-0.05, 0) is 18.2 Å². The Labute approximate surface area is 139 Å². The summed E-state index contributed by atoms with van der Waals surface area (Å²) < 4.78 is 24.7. The molecule has 2 aliphatic heterocycles. The van der Waals surface area contributed by atoms with Crippen LogP contribution in [0.2, 0.25) is 0 Å². The van der Waals surface area contributed by atoms with Crippen molar-refractivity contribution in [3.05, 3.63) is 24.0 Å². The van der Waals surface area contributed by atoms with Crippen molar-refractivity contribution in [2.75, 3.05) is 43.1 Å². The minimum atomic E-state index is -0.541. The molecule has 2 heterocycles. The SMILES string of the molecule is COC1CN(c2ccc(N3C[C@H](CNC(C)=O)OC3=O)cc2F)C1. The van der Waals surface area contributed by atoms with Gasteiger partial charge in [-0.2, -0.15) is 0 Å². The lowest BCUT2D eigenvalue weighted by atomic mass is 10.1. The van der Waals surface area contributed by atoms with E-state index in [0.717, 1.165) is 0 Å². The summed E-state index contributed by atoms with van der Waals surface area (Å²) in [7, 11) is 1.64. The summed E-state index contributed by atoms with van der Waals surface area (Å²) in [6.45, 7) is 3.21. The standard InChI is InChI=1S/C16H20FN3O4/c1-10(21)18-6-12-9-20(16(22)24-12)11-3-4-15(14(17)5-11)19-7-13(8-19)23-2/h3-5,12-13H,6-9H2,1-2H3,(H,18,21)/t12-/m0/s1. The fourth-order valence-corrected chi connectivity index (χ4v) is 2.80. The summed E-state index contributed by atoms with van der Waals surface area (Å²) >= 11 is 0. The molecule has 2 aliphatic rings. The maximum Gasteiger partial charge on any atom is 0.414 e. The number of cyclic esters (lactones) is 1. The number of nitrogens with zero attached hydrogens (tertiary/aromatic N) is 2. The summed E-state index contributed by atoms with van der Waals surface area (Å²) in [5.74, 6) is -0.580. The van der Waals surface area contributed by atoms with E-state index in [1.807, 2.05) is 4.90 Å². The van der Waals surface area contributed by atoms with Crippen molar-refractivity contribution in [3.8, 4) is 0 Å². The van der Waals surface area contributed by atoms with E-state index in [2.05, 4.69) is 5.32 Å². The van der Waals surface area contributed by atoms with E-state index in [0.29, 0.717) is 24.5 Å². The van der Waals surface area contributed by atoms with Crippen molar-refractivity contribution in [2.45, 2.75) is 19.1 Å². The second kappa shape index (κ2) is 6.64. The normalized spacial score (nSPS) is 20.8. The number of benzene rings is 1. The number of nitrogens with one attached hydrogen (secondary N) is 1. The van der Waals surface area contributed by atoms with Crippen LogP contribution in [0.4, 0.5) is 20.6 Å². The van der Waals surface area contributed by atoms with Crippen molar-refractivity contribution in [2.24, 2.45) is 0 Å². The lowest BCUT2D eigenvalue weighted by Gasteiger charge is -2.40. The van der Waals surface area contributed by atoms with Crippen LogP contribution < -0.4 is 15.1 Å². The van der Waals surface area contributed by atoms with Gasteiger partial charge in [0.15, 0.2) is 0 Å². The zero-order chi connectivity index (χ0) is 17.3. The molecule has 2 saturated heterocycles. The Morgan fingerprint density at radius 3 is 2.79 bits per heavy atom. The van der Waals surface area contributed by atoms with E-state index >= 15 is 0 Å². The predicted molar refractivity (Wildman–Crippen MR) is 85.7 cm³/mol. The van der Waals surface area contributed by atoms with Crippen molar-refractivity contribution in [3.63, 3.8) is 0 Å². The smallest absolute Gasteiger partial charge is 0.414 e. The molecule has 2 fully saturated rings. The molecular weight excluding hydrogens is 317 g/mol. The Bertz CT molecular complexity index is 648. The monoisotopic (exact) mass is 337 g/mol. The van der Waals surface area contributed by atoms with Gasteiger partial charge in [0, 0.05) is 27.1 Å². The van der Waals surface area contributed by atoms with E-state index in [1.54, 1.807) is 19.2 Å². The third kappa shape index (κ3) is 3.28. The molecule has 1 aromatic rings. The average Bonchev–Trinajstić information content (AvgIpc) is 2.86. The van der Waals surface area contributed by atoms with Crippen molar-refractivity contribution < 1.29 is 23.5 Å². The minimum Gasteiger partial charge on any atom is -0.442 e. The van der Waals surface area contributed by atoms with E-state index < -0.39 is 12.2 Å². The summed E-state index contributed by atoms with van der Waals surface area (Å²) in [5, 5.41) is 2.60. The second-order valence-electron chi connectivity index (χ2n) is 5.95. The molecule has 0 aromatic heterocycles. The van der Waals surface area contributed by atoms with Crippen molar-refractivity contribution >= 4 is 23.4 Å². The fourth-order valence-electron chi connectivity index (χ4n) is 2.80. The molecule has 0 aliphatic carbocycles. The predicted octanol–water partition coefficient (Wildman–Crippen LogP) is 1.12. The highest BCUT2D eigenvalue weighted by atomic mass is 19.1. The zero-order valence-corrected chi connectivity index (χ0v) is 13.6. The minimum absolute atomic E-state index is 0.132. The number of hydrogen-bond acceptors (Lipinski definition) is 5. The van der Waals surface area contributed by atoms with Gasteiger partial charge in [0.1, 0.15) is 11.9 Å². The zero-order valence-electron chi connectivity index (χ0n) is 13.6. The number of hydrogen-bond donors (Lipinski definition) is 1. The van der Waals surface area contributed by atoms with Gasteiger partial charge in [0.05, 0.1) is 30.6 Å². The molecule has 1 aromatic carbocycles. The molecule has 1 N–H and O–H groups in total. The van der Waals surface area contributed by atoms with Crippen LogP contribution in [0.3, 0.4) is 0 Å². The third-order valence-electron chi connectivity index (χ3n) is 4.22. The maximum atomic E-state index is 14.4. The Hall–Kier alpha value is -2.35. The number of anilines is 2. The molecule has 24 heavy (non-hydrogen) atoms.